The molecule has 1 rings (SSSR count). The number of aryl methyl sites for hydroxylation is 1. The van der Waals surface area contributed by atoms with Crippen LogP contribution in [0.3, 0.4) is 0 Å². The summed E-state index contributed by atoms with van der Waals surface area (Å²) in [6.07, 6.45) is 6.00. The molecule has 15 heavy (non-hydrogen) atoms. The van der Waals surface area contributed by atoms with Gasteiger partial charge in [-0.2, -0.15) is 0 Å². The molecule has 0 aromatic heterocycles. The summed E-state index contributed by atoms with van der Waals surface area (Å²) in [6.45, 7) is 2.21. The molecule has 0 fully saturated rings. The molecule has 0 atom stereocenters. The molecule has 0 aliphatic carbocycles. The molecule has 0 aliphatic heterocycles. The number of rotatable bonds is 6. The van der Waals surface area contributed by atoms with E-state index in [1.54, 1.807) is 0 Å². The van der Waals surface area contributed by atoms with Gasteiger partial charge in [0.15, 0.2) is 0 Å². The third kappa shape index (κ3) is 6.05. The van der Waals surface area contributed by atoms with Crippen LogP contribution in [0.1, 0.15) is 38.2 Å². The summed E-state index contributed by atoms with van der Waals surface area (Å²) in [6, 6.07) is 7.75. The SMILES string of the molecule is CCCCCCc1ccccc1[N-]O.[K+]. The molecule has 2 nitrogen and oxygen atoms in total. The van der Waals surface area contributed by atoms with Crippen LogP contribution in [0.2, 0.25) is 0 Å². The van der Waals surface area contributed by atoms with Gasteiger partial charge in [0.2, 0.25) is 0 Å². The van der Waals surface area contributed by atoms with E-state index >= 15 is 0 Å². The fourth-order valence-corrected chi connectivity index (χ4v) is 1.56. The Hall–Kier alpha value is 0.616. The van der Waals surface area contributed by atoms with E-state index in [4.69, 9.17) is 5.21 Å². The summed E-state index contributed by atoms with van der Waals surface area (Å²) in [7, 11) is 0. The number of hydrogen-bond donors (Lipinski definition) is 1. The van der Waals surface area contributed by atoms with Crippen molar-refractivity contribution in [3.05, 3.63) is 35.3 Å². The average Bonchev–Trinajstić information content (AvgIpc) is 2.25. The molecule has 3 heteroatoms. The van der Waals surface area contributed by atoms with Gasteiger partial charge < -0.3 is 10.7 Å². The van der Waals surface area contributed by atoms with E-state index in [9.17, 15) is 0 Å². The summed E-state index contributed by atoms with van der Waals surface area (Å²) >= 11 is 0. The van der Waals surface area contributed by atoms with Gasteiger partial charge in [-0.3, -0.25) is 0 Å². The topological polar surface area (TPSA) is 34.3 Å². The van der Waals surface area contributed by atoms with Crippen LogP contribution in [0.5, 0.6) is 0 Å². The fraction of sp³-hybridized carbons (Fsp3) is 0.500. The Labute approximate surface area is 135 Å². The Kier molecular flexibility index (Phi) is 10.2. The van der Waals surface area contributed by atoms with Gasteiger partial charge in [-0.1, -0.05) is 56.0 Å². The van der Waals surface area contributed by atoms with E-state index in [2.05, 4.69) is 12.4 Å². The standard InChI is InChI=1S/C12H18NO.K/c1-2-3-4-5-8-11-9-6-7-10-12(11)13-14;/h6-7,9-10,14H,2-5,8H2,1H3;/q-1;+1. The summed E-state index contributed by atoms with van der Waals surface area (Å²) < 4.78 is 0. The molecule has 0 saturated carbocycles. The third-order valence-electron chi connectivity index (χ3n) is 2.40. The molecular formula is C12H18KNO. The van der Waals surface area contributed by atoms with Crippen LogP contribution in [0.4, 0.5) is 5.69 Å². The van der Waals surface area contributed by atoms with Gasteiger partial charge in [0, 0.05) is 0 Å². The van der Waals surface area contributed by atoms with E-state index in [0.29, 0.717) is 5.69 Å². The molecule has 0 heterocycles. The molecule has 1 N–H and O–H groups in total. The zero-order valence-electron chi connectivity index (χ0n) is 9.74. The molecule has 0 amide bonds. The molecule has 0 saturated heterocycles. The van der Waals surface area contributed by atoms with Crippen LogP contribution in [-0.2, 0) is 6.42 Å². The van der Waals surface area contributed by atoms with Crippen molar-refractivity contribution in [3.8, 4) is 0 Å². The summed E-state index contributed by atoms with van der Waals surface area (Å²) in [5, 5.41) is 8.75. The first-order chi connectivity index (χ1) is 6.88. The van der Waals surface area contributed by atoms with Crippen LogP contribution < -0.4 is 51.4 Å². The predicted octanol–water partition coefficient (Wildman–Crippen LogP) is 1.21. The number of hydrogen-bond acceptors (Lipinski definition) is 1. The van der Waals surface area contributed by atoms with Crippen molar-refractivity contribution in [3.63, 3.8) is 0 Å². The van der Waals surface area contributed by atoms with Gasteiger partial charge >= 0.3 is 51.4 Å². The van der Waals surface area contributed by atoms with Crippen LogP contribution in [0.15, 0.2) is 24.3 Å². The van der Waals surface area contributed by atoms with Crippen LogP contribution in [0.25, 0.3) is 5.48 Å². The maximum Gasteiger partial charge on any atom is 1.00 e. The maximum absolute atomic E-state index is 8.75. The largest absolute Gasteiger partial charge is 1.00 e. The van der Waals surface area contributed by atoms with E-state index in [1.807, 2.05) is 24.3 Å². The Morgan fingerprint density at radius 3 is 2.53 bits per heavy atom. The second-order valence-electron chi connectivity index (χ2n) is 3.54. The van der Waals surface area contributed by atoms with Crippen molar-refractivity contribution in [2.24, 2.45) is 0 Å². The summed E-state index contributed by atoms with van der Waals surface area (Å²) in [4.78, 5) is 0. The van der Waals surface area contributed by atoms with Crippen LogP contribution in [0, 0.1) is 0 Å². The van der Waals surface area contributed by atoms with Crippen molar-refractivity contribution in [1.29, 1.82) is 0 Å². The summed E-state index contributed by atoms with van der Waals surface area (Å²) in [5.41, 5.74) is 5.13. The molecule has 78 valence electrons. The minimum absolute atomic E-state index is 0. The Balaban J connectivity index is 0.00000196. The van der Waals surface area contributed by atoms with Gasteiger partial charge in [0.05, 0.1) is 0 Å². The Bertz CT molecular complexity index is 266. The average molecular weight is 231 g/mol. The molecule has 1 aromatic carbocycles. The first kappa shape index (κ1) is 15.6. The predicted molar refractivity (Wildman–Crippen MR) is 59.1 cm³/mol. The smallest absolute Gasteiger partial charge is 0.565 e. The Morgan fingerprint density at radius 2 is 1.87 bits per heavy atom. The number of nitrogens with zero attached hydrogens (tertiary/aromatic N) is 1. The van der Waals surface area contributed by atoms with Crippen LogP contribution >= 0.6 is 0 Å². The Morgan fingerprint density at radius 1 is 1.13 bits per heavy atom. The third-order valence-corrected chi connectivity index (χ3v) is 2.40. The van der Waals surface area contributed by atoms with Gasteiger partial charge in [-0.15, -0.1) is 5.69 Å². The molecule has 0 bridgehead atoms. The second kappa shape index (κ2) is 9.81. The monoisotopic (exact) mass is 231 g/mol. The van der Waals surface area contributed by atoms with Crippen molar-refractivity contribution in [2.45, 2.75) is 39.0 Å². The normalized spacial score (nSPS) is 9.47. The van der Waals surface area contributed by atoms with E-state index in [-0.39, 0.29) is 51.4 Å². The number of benzene rings is 1. The van der Waals surface area contributed by atoms with Crippen molar-refractivity contribution in [1.82, 2.24) is 0 Å². The molecule has 1 aromatic rings. The molecule has 0 aliphatic rings. The minimum Gasteiger partial charge on any atom is -0.565 e. The van der Waals surface area contributed by atoms with E-state index < -0.39 is 0 Å². The molecule has 0 unspecified atom stereocenters. The van der Waals surface area contributed by atoms with Crippen molar-refractivity contribution in [2.75, 3.05) is 0 Å². The molecular weight excluding hydrogens is 213 g/mol. The van der Waals surface area contributed by atoms with Crippen molar-refractivity contribution >= 4 is 5.69 Å². The van der Waals surface area contributed by atoms with Gasteiger partial charge in [0.25, 0.3) is 0 Å². The maximum atomic E-state index is 8.75. The van der Waals surface area contributed by atoms with Gasteiger partial charge in [0.1, 0.15) is 0 Å². The second-order valence-corrected chi connectivity index (χ2v) is 3.54. The van der Waals surface area contributed by atoms with Crippen LogP contribution in [-0.4, -0.2) is 5.21 Å². The zero-order chi connectivity index (χ0) is 10.2. The molecule has 0 spiro atoms. The zero-order valence-corrected chi connectivity index (χ0v) is 12.9. The summed E-state index contributed by atoms with van der Waals surface area (Å²) in [5.74, 6) is 0. The number of unbranched alkanes of at least 4 members (excludes halogenated alkanes) is 3. The fourth-order valence-electron chi connectivity index (χ4n) is 1.56. The first-order valence-corrected chi connectivity index (χ1v) is 5.31. The van der Waals surface area contributed by atoms with Gasteiger partial charge in [-0.05, 0) is 12.8 Å². The van der Waals surface area contributed by atoms with E-state index in [1.165, 1.54) is 25.7 Å². The quantitative estimate of drug-likeness (QED) is 0.446. The molecule has 0 radical (unpaired) electrons. The van der Waals surface area contributed by atoms with E-state index in [0.717, 1.165) is 12.0 Å². The number of para-hydroxylation sites is 1. The van der Waals surface area contributed by atoms with Crippen molar-refractivity contribution < 1.29 is 56.6 Å². The minimum atomic E-state index is 0. The first-order valence-electron chi connectivity index (χ1n) is 5.31. The van der Waals surface area contributed by atoms with Gasteiger partial charge in [-0.25, -0.2) is 0 Å².